The number of nitrogens with one attached hydrogen (secondary N) is 2. The third-order valence-electron chi connectivity index (χ3n) is 8.38. The largest absolute Gasteiger partial charge is 0.492 e. The van der Waals surface area contributed by atoms with Crippen molar-refractivity contribution in [3.8, 4) is 16.9 Å². The Kier molecular flexibility index (Phi) is 8.92. The first-order chi connectivity index (χ1) is 19.1. The lowest BCUT2D eigenvalue weighted by molar-refractivity contribution is 0.0241. The molecule has 40 heavy (non-hydrogen) atoms. The highest BCUT2D eigenvalue weighted by atomic mass is 35.5. The van der Waals surface area contributed by atoms with Crippen LogP contribution in [-0.4, -0.2) is 87.9 Å². The summed E-state index contributed by atoms with van der Waals surface area (Å²) in [7, 11) is -2.01. The molecule has 2 heterocycles. The third-order valence-corrected chi connectivity index (χ3v) is 10.1. The Morgan fingerprint density at radius 3 is 2.48 bits per heavy atom. The highest BCUT2D eigenvalue weighted by Crippen LogP contribution is 2.37. The molecule has 1 spiro atoms. The van der Waals surface area contributed by atoms with Gasteiger partial charge in [-0.3, -0.25) is 0 Å². The maximum Gasteiger partial charge on any atom is 0.317 e. The van der Waals surface area contributed by atoms with Crippen molar-refractivity contribution in [3.05, 3.63) is 47.5 Å². The lowest BCUT2D eigenvalue weighted by Crippen LogP contribution is -2.54. The normalized spacial score (nSPS) is 24.0. The maximum atomic E-state index is 13.3. The molecule has 2 aromatic rings. The molecular formula is C29H39ClN4O5S. The van der Waals surface area contributed by atoms with Gasteiger partial charge in [0.05, 0.1) is 12.7 Å². The first kappa shape index (κ1) is 29.1. The summed E-state index contributed by atoms with van der Waals surface area (Å²) in [6, 6.07) is 12.7. The van der Waals surface area contributed by atoms with Crippen molar-refractivity contribution in [2.75, 3.05) is 46.4 Å². The number of carbonyl (C=O) groups excluding carboxylic acids is 1. The number of urea groups is 1. The van der Waals surface area contributed by atoms with E-state index in [1.54, 1.807) is 30.3 Å². The molecule has 9 nitrogen and oxygen atoms in total. The number of rotatable bonds is 2. The fourth-order valence-electron chi connectivity index (χ4n) is 6.11. The summed E-state index contributed by atoms with van der Waals surface area (Å²) < 4.78 is 35.5. The van der Waals surface area contributed by atoms with Crippen LogP contribution in [0, 0.1) is 5.41 Å². The van der Waals surface area contributed by atoms with Crippen molar-refractivity contribution in [2.24, 2.45) is 5.41 Å². The number of fused-ring (bicyclic) bond motifs is 1. The second-order valence-electron chi connectivity index (χ2n) is 11.6. The first-order valence-electron chi connectivity index (χ1n) is 14.1. The molecule has 2 amide bonds. The van der Waals surface area contributed by atoms with E-state index in [-0.39, 0.29) is 41.3 Å². The Hall–Kier alpha value is -2.37. The van der Waals surface area contributed by atoms with Crippen molar-refractivity contribution in [1.82, 2.24) is 19.8 Å². The van der Waals surface area contributed by atoms with Crippen LogP contribution in [0.5, 0.6) is 5.75 Å². The molecule has 0 aromatic heterocycles. The number of likely N-dealkylation sites (tertiary alicyclic amines) is 1. The predicted octanol–water partition coefficient (Wildman–Crippen LogP) is 3.70. The number of halogens is 1. The molecule has 2 fully saturated rings. The van der Waals surface area contributed by atoms with Gasteiger partial charge in [0, 0.05) is 49.2 Å². The third kappa shape index (κ3) is 6.91. The van der Waals surface area contributed by atoms with E-state index in [4.69, 9.17) is 16.3 Å². The van der Waals surface area contributed by atoms with Crippen LogP contribution >= 0.6 is 11.6 Å². The minimum Gasteiger partial charge on any atom is -0.492 e. The van der Waals surface area contributed by atoms with E-state index in [1.807, 2.05) is 29.0 Å². The Morgan fingerprint density at radius 1 is 1.10 bits per heavy atom. The zero-order chi connectivity index (χ0) is 28.3. The average Bonchev–Trinajstić information content (AvgIpc) is 3.44. The van der Waals surface area contributed by atoms with Crippen LogP contribution in [0.15, 0.2) is 47.4 Å². The molecule has 1 saturated carbocycles. The molecule has 1 unspecified atom stereocenters. The number of benzene rings is 2. The molecule has 2 aliphatic heterocycles. The van der Waals surface area contributed by atoms with Gasteiger partial charge in [0.25, 0.3) is 0 Å². The number of ether oxygens (including phenoxy) is 1. The van der Waals surface area contributed by atoms with Crippen molar-refractivity contribution in [3.63, 3.8) is 0 Å². The van der Waals surface area contributed by atoms with Gasteiger partial charge in [-0.05, 0) is 68.1 Å². The zero-order valence-electron chi connectivity index (χ0n) is 22.9. The van der Waals surface area contributed by atoms with Gasteiger partial charge in [0.1, 0.15) is 10.6 Å². The smallest absolute Gasteiger partial charge is 0.317 e. The number of carbonyl (C=O) groups is 1. The number of β-amino-alcohol motifs (C(OH)–C–C–N with tert-alkyl or cyclic N) is 1. The quantitative estimate of drug-likeness (QED) is 0.492. The molecule has 1 aliphatic carbocycles. The number of hydrogen-bond acceptors (Lipinski definition) is 6. The van der Waals surface area contributed by atoms with Crippen molar-refractivity contribution < 1.29 is 23.1 Å². The van der Waals surface area contributed by atoms with Gasteiger partial charge in [0.15, 0.2) is 0 Å². The SMILES string of the molecule is CN1CC(O)CNS(=O)(=O)c2ccc(-c3ccc(Cl)cc3)cc2OCC2(CCN(C(=O)NC3CCCC3)CC2)C1. The molecule has 218 valence electrons. The van der Waals surface area contributed by atoms with E-state index in [0.717, 1.165) is 36.8 Å². The summed E-state index contributed by atoms with van der Waals surface area (Å²) in [6.45, 7) is 2.34. The summed E-state index contributed by atoms with van der Waals surface area (Å²) in [5.41, 5.74) is 1.38. The van der Waals surface area contributed by atoms with Crippen LogP contribution in [-0.2, 0) is 10.0 Å². The molecule has 11 heteroatoms. The summed E-state index contributed by atoms with van der Waals surface area (Å²) in [5, 5.41) is 14.4. The van der Waals surface area contributed by atoms with Crippen LogP contribution in [0.1, 0.15) is 38.5 Å². The van der Waals surface area contributed by atoms with E-state index in [2.05, 4.69) is 10.0 Å². The van der Waals surface area contributed by atoms with Gasteiger partial charge in [-0.25, -0.2) is 17.9 Å². The molecular weight excluding hydrogens is 552 g/mol. The number of piperidine rings is 1. The Morgan fingerprint density at radius 2 is 1.77 bits per heavy atom. The first-order valence-corrected chi connectivity index (χ1v) is 15.9. The van der Waals surface area contributed by atoms with Gasteiger partial charge in [0.2, 0.25) is 10.0 Å². The molecule has 3 aliphatic rings. The van der Waals surface area contributed by atoms with E-state index in [0.29, 0.717) is 44.0 Å². The predicted molar refractivity (Wildman–Crippen MR) is 155 cm³/mol. The number of aliphatic hydroxyl groups is 1. The molecule has 1 saturated heterocycles. The number of nitrogens with zero attached hydrogens (tertiary/aromatic N) is 2. The molecule has 1 atom stereocenters. The van der Waals surface area contributed by atoms with E-state index >= 15 is 0 Å². The number of aliphatic hydroxyl groups excluding tert-OH is 1. The van der Waals surface area contributed by atoms with Crippen molar-refractivity contribution >= 4 is 27.7 Å². The van der Waals surface area contributed by atoms with Gasteiger partial charge in [-0.1, -0.05) is 42.6 Å². The molecule has 5 rings (SSSR count). The van der Waals surface area contributed by atoms with Gasteiger partial charge in [-0.2, -0.15) is 0 Å². The highest BCUT2D eigenvalue weighted by molar-refractivity contribution is 7.89. The van der Waals surface area contributed by atoms with E-state index in [1.165, 1.54) is 0 Å². The maximum absolute atomic E-state index is 13.3. The van der Waals surface area contributed by atoms with Crippen LogP contribution in [0.3, 0.4) is 0 Å². The second-order valence-corrected chi connectivity index (χ2v) is 13.7. The van der Waals surface area contributed by atoms with Gasteiger partial charge in [-0.15, -0.1) is 0 Å². The summed E-state index contributed by atoms with van der Waals surface area (Å²) in [6.07, 6.45) is 4.96. The summed E-state index contributed by atoms with van der Waals surface area (Å²) >= 11 is 6.07. The second kappa shape index (κ2) is 12.2. The monoisotopic (exact) mass is 590 g/mol. The number of likely N-dealkylation sites (N-methyl/N-ethyl adjacent to an activating group) is 1. The van der Waals surface area contributed by atoms with Crippen LogP contribution in [0.2, 0.25) is 5.02 Å². The minimum atomic E-state index is -3.94. The van der Waals surface area contributed by atoms with Crippen LogP contribution < -0.4 is 14.8 Å². The standard InChI is InChI=1S/C29H39ClN4O5S/c1-33-18-25(35)17-31-40(37,38)27-11-8-22(21-6-9-23(30)10-7-21)16-26(27)39-20-29(19-33)12-14-34(15-13-29)28(36)32-24-4-2-3-5-24/h6-11,16,24-25,31,35H,2-5,12-15,17-20H2,1H3,(H,32,36). The lowest BCUT2D eigenvalue weighted by atomic mass is 9.78. The Bertz CT molecular complexity index is 1290. The van der Waals surface area contributed by atoms with E-state index in [9.17, 15) is 18.3 Å². The Balaban J connectivity index is 1.40. The van der Waals surface area contributed by atoms with E-state index < -0.39 is 16.1 Å². The van der Waals surface area contributed by atoms with Gasteiger partial charge < -0.3 is 25.0 Å². The zero-order valence-corrected chi connectivity index (χ0v) is 24.5. The van der Waals surface area contributed by atoms with Crippen LogP contribution in [0.25, 0.3) is 11.1 Å². The summed E-state index contributed by atoms with van der Waals surface area (Å²) in [5.74, 6) is 0.262. The molecule has 2 aromatic carbocycles. The number of sulfonamides is 1. The Labute approximate surface area is 241 Å². The van der Waals surface area contributed by atoms with Crippen LogP contribution in [0.4, 0.5) is 4.79 Å². The van der Waals surface area contributed by atoms with Gasteiger partial charge >= 0.3 is 6.03 Å². The summed E-state index contributed by atoms with van der Waals surface area (Å²) in [4.78, 5) is 16.9. The fourth-order valence-corrected chi connectivity index (χ4v) is 7.43. The number of hydrogen-bond donors (Lipinski definition) is 3. The lowest BCUT2D eigenvalue weighted by Gasteiger charge is -2.44. The minimum absolute atomic E-state index is 0.00489. The van der Waals surface area contributed by atoms with Crippen molar-refractivity contribution in [1.29, 1.82) is 0 Å². The fraction of sp³-hybridized carbons (Fsp3) is 0.552. The molecule has 0 bridgehead atoms. The number of amides is 2. The topological polar surface area (TPSA) is 111 Å². The molecule has 3 N–H and O–H groups in total. The highest BCUT2D eigenvalue weighted by Gasteiger charge is 2.39. The average molecular weight is 591 g/mol. The van der Waals surface area contributed by atoms with Crippen molar-refractivity contribution in [2.45, 2.75) is 55.6 Å². The molecule has 0 radical (unpaired) electrons.